The Labute approximate surface area is 133 Å². The number of imidazole rings is 1. The normalized spacial score (nSPS) is 26.8. The lowest BCUT2D eigenvalue weighted by molar-refractivity contribution is 0.251. The summed E-state index contributed by atoms with van der Waals surface area (Å²) in [5.74, 6) is 0.745. The van der Waals surface area contributed by atoms with Crippen molar-refractivity contribution in [2.24, 2.45) is 5.92 Å². The Kier molecular flexibility index (Phi) is 3.83. The van der Waals surface area contributed by atoms with Gasteiger partial charge in [0.1, 0.15) is 0 Å². The molecule has 0 unspecified atom stereocenters. The number of aromatic nitrogens is 2. The summed E-state index contributed by atoms with van der Waals surface area (Å²) >= 11 is 0. The molecule has 1 aromatic heterocycles. The van der Waals surface area contributed by atoms with Gasteiger partial charge >= 0.3 is 0 Å². The lowest BCUT2D eigenvalue weighted by atomic mass is 9.61. The monoisotopic (exact) mass is 302 g/mol. The molecule has 0 spiro atoms. The van der Waals surface area contributed by atoms with Gasteiger partial charge in [0.15, 0.2) is 0 Å². The number of benzene rings is 1. The molecule has 112 valence electrons. The largest absolute Gasteiger partial charge is 0.337 e. The van der Waals surface area contributed by atoms with E-state index in [4.69, 9.17) is 0 Å². The summed E-state index contributed by atoms with van der Waals surface area (Å²) in [6.45, 7) is 3.60. The fourth-order valence-corrected chi connectivity index (χ4v) is 4.65. The number of hydrogen-bond donors (Lipinski definition) is 0. The Morgan fingerprint density at radius 3 is 3.00 bits per heavy atom. The molecule has 0 N–H and O–H groups in total. The van der Waals surface area contributed by atoms with Gasteiger partial charge in [-0.3, -0.25) is 0 Å². The van der Waals surface area contributed by atoms with Gasteiger partial charge in [-0.15, -0.1) is 12.4 Å². The Morgan fingerprint density at radius 2 is 2.19 bits per heavy atom. The van der Waals surface area contributed by atoms with Gasteiger partial charge in [0.05, 0.1) is 6.33 Å². The highest BCUT2D eigenvalue weighted by Crippen LogP contribution is 2.47. The molecule has 0 radical (unpaired) electrons. The van der Waals surface area contributed by atoms with Crippen LogP contribution in [0, 0.1) is 5.92 Å². The molecular weight excluding hydrogens is 280 g/mol. The van der Waals surface area contributed by atoms with Crippen LogP contribution in [-0.4, -0.2) is 9.55 Å². The van der Waals surface area contributed by atoms with E-state index in [1.807, 2.05) is 12.5 Å². The molecular formula is C18H23ClN2. The van der Waals surface area contributed by atoms with E-state index in [9.17, 15) is 0 Å². The summed E-state index contributed by atoms with van der Waals surface area (Å²) in [6.07, 6.45) is 12.5. The summed E-state index contributed by atoms with van der Waals surface area (Å²) in [5, 5.41) is 0. The minimum atomic E-state index is 0. The van der Waals surface area contributed by atoms with Crippen molar-refractivity contribution < 1.29 is 0 Å². The Hall–Kier alpha value is -1.28. The topological polar surface area (TPSA) is 17.8 Å². The highest BCUT2D eigenvalue weighted by Gasteiger charge is 2.39. The molecule has 0 amide bonds. The van der Waals surface area contributed by atoms with Crippen molar-refractivity contribution in [2.45, 2.75) is 51.0 Å². The van der Waals surface area contributed by atoms with Crippen LogP contribution in [0.3, 0.4) is 0 Å². The van der Waals surface area contributed by atoms with Crippen molar-refractivity contribution in [3.8, 4) is 0 Å². The minimum Gasteiger partial charge on any atom is -0.337 e. The second-order valence-electron chi connectivity index (χ2n) is 6.90. The molecule has 21 heavy (non-hydrogen) atoms. The number of halogens is 1. The van der Waals surface area contributed by atoms with Crippen LogP contribution < -0.4 is 0 Å². The maximum Gasteiger partial charge on any atom is 0.0945 e. The van der Waals surface area contributed by atoms with Crippen LogP contribution in [-0.2, 0) is 24.8 Å². The molecule has 4 rings (SSSR count). The first-order chi connectivity index (χ1) is 9.74. The lowest BCUT2D eigenvalue weighted by Gasteiger charge is -2.44. The molecule has 2 aliphatic rings. The van der Waals surface area contributed by atoms with Crippen LogP contribution in [0.5, 0.6) is 0 Å². The van der Waals surface area contributed by atoms with Crippen LogP contribution >= 0.6 is 12.4 Å². The average Bonchev–Trinajstić information content (AvgIpc) is 2.91. The number of rotatable bonds is 2. The van der Waals surface area contributed by atoms with Crippen LogP contribution in [0.4, 0.5) is 0 Å². The van der Waals surface area contributed by atoms with Crippen LogP contribution in [0.15, 0.2) is 36.9 Å². The second-order valence-corrected chi connectivity index (χ2v) is 6.90. The number of aryl methyl sites for hydroxylation is 1. The van der Waals surface area contributed by atoms with E-state index >= 15 is 0 Å². The summed E-state index contributed by atoms with van der Waals surface area (Å²) in [7, 11) is 0. The van der Waals surface area contributed by atoms with E-state index in [1.54, 1.807) is 16.7 Å². The molecule has 2 nitrogen and oxygen atoms in total. The van der Waals surface area contributed by atoms with E-state index in [2.05, 4.69) is 40.9 Å². The van der Waals surface area contributed by atoms with Gasteiger partial charge in [0.2, 0.25) is 0 Å². The SMILES string of the molecule is C[C@@]12CCCc3cccc(c31)C[C@H](Cn1ccnc1)C2.Cl. The molecule has 2 atom stereocenters. The maximum atomic E-state index is 4.18. The lowest BCUT2D eigenvalue weighted by Crippen LogP contribution is -2.37. The van der Waals surface area contributed by atoms with Crippen LogP contribution in [0.25, 0.3) is 0 Å². The molecule has 0 saturated heterocycles. The van der Waals surface area contributed by atoms with E-state index in [0.717, 1.165) is 12.5 Å². The van der Waals surface area contributed by atoms with Crippen LogP contribution in [0.1, 0.15) is 42.9 Å². The molecule has 2 aromatic rings. The van der Waals surface area contributed by atoms with Crippen molar-refractivity contribution in [1.29, 1.82) is 0 Å². The van der Waals surface area contributed by atoms with E-state index < -0.39 is 0 Å². The molecule has 3 heteroatoms. The summed E-state index contributed by atoms with van der Waals surface area (Å²) < 4.78 is 2.24. The fraction of sp³-hybridized carbons (Fsp3) is 0.500. The average molecular weight is 303 g/mol. The van der Waals surface area contributed by atoms with Gasteiger partial charge in [-0.1, -0.05) is 25.1 Å². The zero-order valence-corrected chi connectivity index (χ0v) is 13.4. The standard InChI is InChI=1S/C18H22N2.ClH/c1-18-7-3-6-15-4-2-5-16(17(15)18)10-14(11-18)12-20-9-8-19-13-20;/h2,4-5,8-9,13-14H,3,6-7,10-12H2,1H3;1H/t14-,18-;/m0./s1. The van der Waals surface area contributed by atoms with Gasteiger partial charge in [0.25, 0.3) is 0 Å². The quantitative estimate of drug-likeness (QED) is 0.814. The van der Waals surface area contributed by atoms with Gasteiger partial charge in [-0.25, -0.2) is 4.98 Å². The third kappa shape index (κ3) is 2.50. The van der Waals surface area contributed by atoms with E-state index in [1.165, 1.54) is 32.1 Å². The zero-order valence-electron chi connectivity index (χ0n) is 12.6. The van der Waals surface area contributed by atoms with Crippen molar-refractivity contribution in [2.75, 3.05) is 0 Å². The van der Waals surface area contributed by atoms with Crippen molar-refractivity contribution >= 4 is 12.4 Å². The highest BCUT2D eigenvalue weighted by molar-refractivity contribution is 5.85. The van der Waals surface area contributed by atoms with Crippen molar-refractivity contribution in [3.63, 3.8) is 0 Å². The van der Waals surface area contributed by atoms with Crippen molar-refractivity contribution in [1.82, 2.24) is 9.55 Å². The first-order valence-electron chi connectivity index (χ1n) is 7.82. The molecule has 1 aromatic carbocycles. The zero-order chi connectivity index (χ0) is 13.6. The molecule has 1 heterocycles. The molecule has 0 fully saturated rings. The highest BCUT2D eigenvalue weighted by atomic mass is 35.5. The first-order valence-corrected chi connectivity index (χ1v) is 7.82. The predicted molar refractivity (Wildman–Crippen MR) is 88.0 cm³/mol. The number of nitrogens with zero attached hydrogens (tertiary/aromatic N) is 2. The van der Waals surface area contributed by atoms with Gasteiger partial charge < -0.3 is 4.57 Å². The smallest absolute Gasteiger partial charge is 0.0945 e. The van der Waals surface area contributed by atoms with Gasteiger partial charge in [-0.2, -0.15) is 0 Å². The van der Waals surface area contributed by atoms with E-state index in [0.29, 0.717) is 5.41 Å². The van der Waals surface area contributed by atoms with Crippen LogP contribution in [0.2, 0.25) is 0 Å². The summed E-state index contributed by atoms with van der Waals surface area (Å²) in [5.41, 5.74) is 5.35. The van der Waals surface area contributed by atoms with Crippen molar-refractivity contribution in [3.05, 3.63) is 53.6 Å². The third-order valence-electron chi connectivity index (χ3n) is 5.29. The third-order valence-corrected chi connectivity index (χ3v) is 5.29. The van der Waals surface area contributed by atoms with Gasteiger partial charge in [-0.05, 0) is 60.1 Å². The minimum absolute atomic E-state index is 0. The Balaban J connectivity index is 0.00000132. The predicted octanol–water partition coefficient (Wildman–Crippen LogP) is 4.16. The Bertz CT molecular complexity index is 620. The second kappa shape index (κ2) is 5.49. The Morgan fingerprint density at radius 1 is 1.33 bits per heavy atom. The van der Waals surface area contributed by atoms with Gasteiger partial charge in [0, 0.05) is 18.9 Å². The van der Waals surface area contributed by atoms with E-state index in [-0.39, 0.29) is 12.4 Å². The number of hydrogen-bond acceptors (Lipinski definition) is 1. The summed E-state index contributed by atoms with van der Waals surface area (Å²) in [6, 6.07) is 6.98. The maximum absolute atomic E-state index is 4.18. The summed E-state index contributed by atoms with van der Waals surface area (Å²) in [4.78, 5) is 4.18. The molecule has 0 saturated carbocycles. The molecule has 2 aliphatic carbocycles. The first kappa shape index (κ1) is 14.6. The molecule has 0 aliphatic heterocycles. The molecule has 0 bridgehead atoms. The fourth-order valence-electron chi connectivity index (χ4n) is 4.65.